The van der Waals surface area contributed by atoms with E-state index in [4.69, 9.17) is 0 Å². The fourth-order valence-electron chi connectivity index (χ4n) is 3.91. The van der Waals surface area contributed by atoms with Gasteiger partial charge in [-0.25, -0.2) is 12.8 Å². The lowest BCUT2D eigenvalue weighted by Gasteiger charge is -2.32. The van der Waals surface area contributed by atoms with Crippen LogP contribution < -0.4 is 9.62 Å². The molecule has 0 aliphatic rings. The molecule has 1 N–H and O–H groups in total. The summed E-state index contributed by atoms with van der Waals surface area (Å²) >= 11 is 0. The minimum atomic E-state index is -4.12. The minimum absolute atomic E-state index is 0.00341. The third-order valence-corrected chi connectivity index (χ3v) is 7.80. The zero-order chi connectivity index (χ0) is 27.2. The maximum atomic E-state index is 13.8. The van der Waals surface area contributed by atoms with E-state index in [2.05, 4.69) is 5.32 Å². The van der Waals surface area contributed by atoms with E-state index in [1.807, 2.05) is 13.0 Å². The summed E-state index contributed by atoms with van der Waals surface area (Å²) in [5.41, 5.74) is 2.50. The lowest BCUT2D eigenvalue weighted by molar-refractivity contribution is -0.139. The highest BCUT2D eigenvalue weighted by molar-refractivity contribution is 7.92. The molecular formula is C28H32FN3O4S. The van der Waals surface area contributed by atoms with Gasteiger partial charge in [0.1, 0.15) is 18.4 Å². The van der Waals surface area contributed by atoms with Crippen LogP contribution in [0.3, 0.4) is 0 Å². The van der Waals surface area contributed by atoms with Gasteiger partial charge in [-0.1, -0.05) is 42.5 Å². The van der Waals surface area contributed by atoms with E-state index in [-0.39, 0.29) is 17.3 Å². The van der Waals surface area contributed by atoms with Gasteiger partial charge in [-0.3, -0.25) is 13.9 Å². The van der Waals surface area contributed by atoms with Gasteiger partial charge in [0.05, 0.1) is 10.6 Å². The number of likely N-dealkylation sites (N-methyl/N-ethyl adjacent to an activating group) is 1. The van der Waals surface area contributed by atoms with E-state index in [1.165, 1.54) is 41.3 Å². The maximum Gasteiger partial charge on any atom is 0.264 e. The van der Waals surface area contributed by atoms with Gasteiger partial charge < -0.3 is 10.2 Å². The van der Waals surface area contributed by atoms with Crippen LogP contribution in [0.1, 0.15) is 30.5 Å². The molecule has 9 heteroatoms. The molecule has 1 atom stereocenters. The number of carbonyl (C=O) groups excluding carboxylic acids is 2. The van der Waals surface area contributed by atoms with Crippen LogP contribution in [-0.2, 0) is 26.2 Å². The summed E-state index contributed by atoms with van der Waals surface area (Å²) in [6.45, 7) is 6.83. The highest BCUT2D eigenvalue weighted by atomic mass is 32.2. The summed E-state index contributed by atoms with van der Waals surface area (Å²) in [4.78, 5) is 27.9. The lowest BCUT2D eigenvalue weighted by atomic mass is 10.1. The van der Waals surface area contributed by atoms with Crippen LogP contribution in [0.2, 0.25) is 0 Å². The van der Waals surface area contributed by atoms with Crippen molar-refractivity contribution in [3.8, 4) is 0 Å². The summed E-state index contributed by atoms with van der Waals surface area (Å²) < 4.78 is 42.1. The first-order valence-electron chi connectivity index (χ1n) is 12.0. The molecule has 0 aliphatic carbocycles. The molecule has 0 radical (unpaired) electrons. The molecule has 0 saturated carbocycles. The number of hydrogen-bond acceptors (Lipinski definition) is 4. The highest BCUT2D eigenvalue weighted by Crippen LogP contribution is 2.28. The van der Waals surface area contributed by atoms with Crippen LogP contribution in [0.4, 0.5) is 10.1 Å². The molecule has 3 rings (SSSR count). The molecule has 37 heavy (non-hydrogen) atoms. The first-order chi connectivity index (χ1) is 17.5. The quantitative estimate of drug-likeness (QED) is 0.430. The summed E-state index contributed by atoms with van der Waals surface area (Å²) in [5, 5.41) is 2.71. The Morgan fingerprint density at radius 2 is 1.62 bits per heavy atom. The van der Waals surface area contributed by atoms with Crippen molar-refractivity contribution >= 4 is 27.5 Å². The van der Waals surface area contributed by atoms with E-state index in [0.717, 1.165) is 9.87 Å². The van der Waals surface area contributed by atoms with Gasteiger partial charge in [0, 0.05) is 13.1 Å². The van der Waals surface area contributed by atoms with Crippen molar-refractivity contribution in [3.05, 3.63) is 95.3 Å². The third kappa shape index (κ3) is 6.74. The van der Waals surface area contributed by atoms with E-state index in [9.17, 15) is 22.4 Å². The molecule has 3 aromatic rings. The lowest BCUT2D eigenvalue weighted by Crippen LogP contribution is -2.51. The normalized spacial score (nSPS) is 12.0. The minimum Gasteiger partial charge on any atom is -0.355 e. The number of benzene rings is 3. The second-order valence-electron chi connectivity index (χ2n) is 8.83. The number of hydrogen-bond donors (Lipinski definition) is 1. The highest BCUT2D eigenvalue weighted by Gasteiger charge is 2.33. The zero-order valence-corrected chi connectivity index (χ0v) is 22.3. The Hall–Kier alpha value is -3.72. The summed E-state index contributed by atoms with van der Waals surface area (Å²) in [6.07, 6.45) is 0. The van der Waals surface area contributed by atoms with Gasteiger partial charge >= 0.3 is 0 Å². The van der Waals surface area contributed by atoms with Gasteiger partial charge in [0.15, 0.2) is 0 Å². The zero-order valence-electron chi connectivity index (χ0n) is 21.4. The van der Waals surface area contributed by atoms with Crippen molar-refractivity contribution in [1.82, 2.24) is 10.2 Å². The van der Waals surface area contributed by atoms with Crippen molar-refractivity contribution in [1.29, 1.82) is 0 Å². The van der Waals surface area contributed by atoms with Gasteiger partial charge in [0.25, 0.3) is 10.0 Å². The molecule has 0 bridgehead atoms. The number of anilines is 1. The number of nitrogens with one attached hydrogen (secondary N) is 1. The van der Waals surface area contributed by atoms with E-state index < -0.39 is 34.3 Å². The Morgan fingerprint density at radius 1 is 0.973 bits per heavy atom. The first-order valence-corrected chi connectivity index (χ1v) is 13.4. The maximum absolute atomic E-state index is 13.8. The number of rotatable bonds is 10. The Labute approximate surface area is 218 Å². The van der Waals surface area contributed by atoms with Gasteiger partial charge in [-0.05, 0) is 74.7 Å². The molecule has 0 fully saturated rings. The molecule has 0 spiro atoms. The molecule has 0 heterocycles. The molecule has 0 aliphatic heterocycles. The van der Waals surface area contributed by atoms with Crippen LogP contribution in [0.25, 0.3) is 0 Å². The summed E-state index contributed by atoms with van der Waals surface area (Å²) in [7, 11) is -4.12. The fraction of sp³-hybridized carbons (Fsp3) is 0.286. The Balaban J connectivity index is 2.05. The van der Waals surface area contributed by atoms with Crippen molar-refractivity contribution in [2.45, 2.75) is 45.2 Å². The monoisotopic (exact) mass is 525 g/mol. The largest absolute Gasteiger partial charge is 0.355 e. The number of nitrogens with zero attached hydrogens (tertiary/aromatic N) is 2. The molecule has 196 valence electrons. The van der Waals surface area contributed by atoms with Crippen LogP contribution in [0.5, 0.6) is 0 Å². The SMILES string of the molecule is CCNC(=O)[C@@H](C)N(Cc1ccc(F)cc1)C(=O)CN(c1cc(C)ccc1C)S(=O)(=O)c1ccccc1. The average molecular weight is 526 g/mol. The fourth-order valence-corrected chi connectivity index (χ4v) is 5.40. The standard InChI is InChI=1S/C28H32FN3O4S/c1-5-30-28(34)22(4)31(18-23-13-15-24(29)16-14-23)27(33)19-32(26-17-20(2)11-12-21(26)3)37(35,36)25-9-7-6-8-10-25/h6-17,22H,5,18-19H2,1-4H3,(H,30,34)/t22-/m1/s1. The summed E-state index contributed by atoms with van der Waals surface area (Å²) in [5.74, 6) is -1.36. The molecule has 0 aromatic heterocycles. The third-order valence-electron chi connectivity index (χ3n) is 6.03. The van der Waals surface area contributed by atoms with Crippen molar-refractivity contribution in [2.75, 3.05) is 17.4 Å². The average Bonchev–Trinajstić information content (AvgIpc) is 2.88. The second kappa shape index (κ2) is 12.0. The van der Waals surface area contributed by atoms with Crippen LogP contribution >= 0.6 is 0 Å². The molecule has 2 amide bonds. The number of amides is 2. The van der Waals surface area contributed by atoms with Crippen molar-refractivity contribution in [3.63, 3.8) is 0 Å². The number of halogens is 1. The predicted octanol–water partition coefficient (Wildman–Crippen LogP) is 4.19. The Bertz CT molecular complexity index is 1350. The van der Waals surface area contributed by atoms with Gasteiger partial charge in [0.2, 0.25) is 11.8 Å². The first kappa shape index (κ1) is 27.9. The van der Waals surface area contributed by atoms with Crippen LogP contribution in [-0.4, -0.2) is 44.3 Å². The topological polar surface area (TPSA) is 86.8 Å². The van der Waals surface area contributed by atoms with E-state index in [0.29, 0.717) is 23.4 Å². The molecular weight excluding hydrogens is 493 g/mol. The van der Waals surface area contributed by atoms with Gasteiger partial charge in [-0.15, -0.1) is 0 Å². The predicted molar refractivity (Wildman–Crippen MR) is 142 cm³/mol. The van der Waals surface area contributed by atoms with Crippen molar-refractivity contribution < 1.29 is 22.4 Å². The molecule has 7 nitrogen and oxygen atoms in total. The second-order valence-corrected chi connectivity index (χ2v) is 10.7. The Kier molecular flexibility index (Phi) is 9.04. The van der Waals surface area contributed by atoms with E-state index >= 15 is 0 Å². The van der Waals surface area contributed by atoms with E-state index in [1.54, 1.807) is 51.1 Å². The smallest absolute Gasteiger partial charge is 0.264 e. The van der Waals surface area contributed by atoms with Crippen LogP contribution in [0.15, 0.2) is 77.7 Å². The number of carbonyl (C=O) groups is 2. The molecule has 0 unspecified atom stereocenters. The molecule has 3 aromatic carbocycles. The molecule has 0 saturated heterocycles. The number of sulfonamides is 1. The summed E-state index contributed by atoms with van der Waals surface area (Å²) in [6, 6.07) is 18.0. The Morgan fingerprint density at radius 3 is 2.24 bits per heavy atom. The van der Waals surface area contributed by atoms with Gasteiger partial charge in [-0.2, -0.15) is 0 Å². The number of aryl methyl sites for hydroxylation is 2. The van der Waals surface area contributed by atoms with Crippen molar-refractivity contribution in [2.24, 2.45) is 0 Å². The van der Waals surface area contributed by atoms with Crippen LogP contribution in [0, 0.1) is 19.7 Å².